The number of hydrogen-bond acceptors (Lipinski definition) is 5. The minimum atomic E-state index is -0.762. The maximum absolute atomic E-state index is 6.56. The Morgan fingerprint density at radius 2 is 1.77 bits per heavy atom. The lowest BCUT2D eigenvalue weighted by Crippen LogP contribution is -2.70. The van der Waals surface area contributed by atoms with E-state index in [-0.39, 0.29) is 11.8 Å². The van der Waals surface area contributed by atoms with Crippen LogP contribution in [0, 0.1) is 23.7 Å². The van der Waals surface area contributed by atoms with E-state index in [0.717, 1.165) is 35.8 Å². The Kier molecular flexibility index (Phi) is 4.24. The predicted octanol–water partition coefficient (Wildman–Crippen LogP) is 5.43. The molecule has 0 amide bonds. The van der Waals surface area contributed by atoms with E-state index in [0.29, 0.717) is 11.8 Å². The van der Waals surface area contributed by atoms with Crippen molar-refractivity contribution in [1.29, 1.82) is 0 Å². The quantitative estimate of drug-likeness (QED) is 0.618. The first-order valence-electron chi connectivity index (χ1n) is 11.3. The first-order chi connectivity index (χ1) is 14.5. The zero-order valence-electron chi connectivity index (χ0n) is 17.9. The zero-order chi connectivity index (χ0) is 20.5. The van der Waals surface area contributed by atoms with Crippen LogP contribution in [0.15, 0.2) is 42.5 Å². The highest BCUT2D eigenvalue weighted by atomic mass is 17.3. The molecule has 4 aliphatic heterocycles. The van der Waals surface area contributed by atoms with Gasteiger partial charge in [0.15, 0.2) is 11.9 Å². The Morgan fingerprint density at radius 3 is 2.67 bits per heavy atom. The monoisotopic (exact) mass is 410 g/mol. The van der Waals surface area contributed by atoms with Crippen molar-refractivity contribution in [2.75, 3.05) is 0 Å². The largest absolute Gasteiger partial charge is 0.464 e. The van der Waals surface area contributed by atoms with Crippen LogP contribution in [-0.2, 0) is 19.2 Å². The Balaban J connectivity index is 1.38. The highest BCUT2D eigenvalue weighted by Gasteiger charge is 2.69. The molecule has 6 unspecified atom stereocenters. The molecule has 30 heavy (non-hydrogen) atoms. The lowest BCUT2D eigenvalue weighted by Gasteiger charge is -2.60. The van der Waals surface area contributed by atoms with Crippen LogP contribution in [0.25, 0.3) is 10.8 Å². The molecule has 5 heteroatoms. The molecule has 1 aliphatic carbocycles. The van der Waals surface area contributed by atoms with Crippen molar-refractivity contribution in [2.24, 2.45) is 23.7 Å². The second-order valence-corrected chi connectivity index (χ2v) is 9.87. The Hall–Kier alpha value is -1.66. The van der Waals surface area contributed by atoms with Crippen molar-refractivity contribution in [3.05, 3.63) is 42.5 Å². The Labute approximate surface area is 177 Å². The molecule has 4 heterocycles. The molecule has 8 atom stereocenters. The van der Waals surface area contributed by atoms with Crippen LogP contribution in [0.3, 0.4) is 0 Å². The van der Waals surface area contributed by atoms with Crippen LogP contribution < -0.4 is 4.74 Å². The van der Waals surface area contributed by atoms with Crippen molar-refractivity contribution in [2.45, 2.75) is 70.4 Å². The maximum Gasteiger partial charge on any atom is 0.205 e. The van der Waals surface area contributed by atoms with E-state index < -0.39 is 24.0 Å². The van der Waals surface area contributed by atoms with Crippen molar-refractivity contribution >= 4 is 10.8 Å². The standard InChI is InChI=1S/C25H30O5/c1-15-11-12-20-16(2)22(26-21-10-6-8-17-7-4-5-9-18(17)21)27-23-25(20)19(15)13-14-24(3,28-23)29-30-25/h4-10,15-16,19-20,22-23H,11-14H2,1-3H3/t15?,16-,19?,20?,22?,23?,24?,25-/m1/s1. The first kappa shape index (κ1) is 19.1. The summed E-state index contributed by atoms with van der Waals surface area (Å²) in [6.45, 7) is 6.51. The summed E-state index contributed by atoms with van der Waals surface area (Å²) in [6, 6.07) is 14.5. The number of fused-ring (bicyclic) bond motifs is 3. The highest BCUT2D eigenvalue weighted by molar-refractivity contribution is 5.88. The second kappa shape index (κ2) is 6.67. The molecule has 160 valence electrons. The van der Waals surface area contributed by atoms with Gasteiger partial charge in [-0.25, -0.2) is 9.78 Å². The second-order valence-electron chi connectivity index (χ2n) is 9.87. The van der Waals surface area contributed by atoms with E-state index in [1.54, 1.807) is 0 Å². The fourth-order valence-corrected chi connectivity index (χ4v) is 6.43. The van der Waals surface area contributed by atoms with Gasteiger partial charge in [0.25, 0.3) is 0 Å². The summed E-state index contributed by atoms with van der Waals surface area (Å²) in [7, 11) is 0. The molecule has 5 nitrogen and oxygen atoms in total. The van der Waals surface area contributed by atoms with Crippen molar-refractivity contribution < 1.29 is 24.0 Å². The molecule has 0 aromatic heterocycles. The van der Waals surface area contributed by atoms with Gasteiger partial charge in [0.2, 0.25) is 12.1 Å². The molecule has 1 spiro atoms. The number of benzene rings is 2. The van der Waals surface area contributed by atoms with Gasteiger partial charge >= 0.3 is 0 Å². The lowest BCUT2D eigenvalue weighted by molar-refractivity contribution is -0.575. The van der Waals surface area contributed by atoms with Gasteiger partial charge in [-0.15, -0.1) is 0 Å². The van der Waals surface area contributed by atoms with Crippen molar-refractivity contribution in [1.82, 2.24) is 0 Å². The molecular weight excluding hydrogens is 380 g/mol. The minimum Gasteiger partial charge on any atom is -0.464 e. The summed E-state index contributed by atoms with van der Waals surface area (Å²) >= 11 is 0. The first-order valence-corrected chi connectivity index (χ1v) is 11.3. The van der Waals surface area contributed by atoms with Crippen LogP contribution in [0.1, 0.15) is 46.5 Å². The fraction of sp³-hybridized carbons (Fsp3) is 0.600. The summed E-state index contributed by atoms with van der Waals surface area (Å²) in [6.07, 6.45) is 3.24. The van der Waals surface area contributed by atoms with Gasteiger partial charge in [0.1, 0.15) is 5.75 Å². The summed E-state index contributed by atoms with van der Waals surface area (Å²) in [5, 5.41) is 2.26. The molecule has 1 saturated carbocycles. The number of ether oxygens (including phenoxy) is 3. The normalized spacial score (nSPS) is 45.0. The van der Waals surface area contributed by atoms with Crippen molar-refractivity contribution in [3.8, 4) is 5.75 Å². The third-order valence-electron chi connectivity index (χ3n) is 8.09. The molecule has 2 bridgehead atoms. The molecule has 2 aromatic rings. The Bertz CT molecular complexity index is 956. The number of hydrogen-bond donors (Lipinski definition) is 0. The third-order valence-corrected chi connectivity index (χ3v) is 8.09. The molecule has 5 aliphatic rings. The van der Waals surface area contributed by atoms with Crippen LogP contribution in [-0.4, -0.2) is 24.0 Å². The van der Waals surface area contributed by atoms with Gasteiger partial charge in [0.05, 0.1) is 0 Å². The van der Waals surface area contributed by atoms with Gasteiger partial charge in [-0.2, -0.15) is 0 Å². The van der Waals surface area contributed by atoms with Crippen LogP contribution >= 0.6 is 0 Å². The summed E-state index contributed by atoms with van der Waals surface area (Å²) in [5.74, 6) is 1.44. The molecule has 0 radical (unpaired) electrons. The van der Waals surface area contributed by atoms with E-state index in [9.17, 15) is 0 Å². The third kappa shape index (κ3) is 2.62. The van der Waals surface area contributed by atoms with E-state index in [4.69, 9.17) is 24.0 Å². The number of rotatable bonds is 2. The van der Waals surface area contributed by atoms with E-state index in [1.807, 2.05) is 31.2 Å². The molecule has 7 rings (SSSR count). The van der Waals surface area contributed by atoms with Crippen LogP contribution in [0.5, 0.6) is 5.75 Å². The average molecular weight is 411 g/mol. The zero-order valence-corrected chi connectivity index (χ0v) is 17.9. The van der Waals surface area contributed by atoms with Crippen LogP contribution in [0.4, 0.5) is 0 Å². The average Bonchev–Trinajstić information content (AvgIpc) is 2.98. The van der Waals surface area contributed by atoms with Gasteiger partial charge in [-0.05, 0) is 49.5 Å². The van der Waals surface area contributed by atoms with Crippen LogP contribution in [0.2, 0.25) is 0 Å². The van der Waals surface area contributed by atoms with Gasteiger partial charge in [-0.1, -0.05) is 50.2 Å². The molecule has 5 fully saturated rings. The predicted molar refractivity (Wildman–Crippen MR) is 111 cm³/mol. The maximum atomic E-state index is 6.56. The molecular formula is C25H30O5. The summed E-state index contributed by atoms with van der Waals surface area (Å²) in [5.41, 5.74) is -0.550. The summed E-state index contributed by atoms with van der Waals surface area (Å²) < 4.78 is 19.5. The summed E-state index contributed by atoms with van der Waals surface area (Å²) in [4.78, 5) is 12.1. The van der Waals surface area contributed by atoms with E-state index in [2.05, 4.69) is 32.0 Å². The smallest absolute Gasteiger partial charge is 0.205 e. The Morgan fingerprint density at radius 1 is 0.933 bits per heavy atom. The fourth-order valence-electron chi connectivity index (χ4n) is 6.43. The minimum absolute atomic E-state index is 0.157. The molecule has 2 aromatic carbocycles. The van der Waals surface area contributed by atoms with Gasteiger partial charge in [0, 0.05) is 23.6 Å². The van der Waals surface area contributed by atoms with Gasteiger partial charge in [-0.3, -0.25) is 0 Å². The van der Waals surface area contributed by atoms with E-state index >= 15 is 0 Å². The molecule has 0 N–H and O–H groups in total. The topological polar surface area (TPSA) is 46.2 Å². The lowest BCUT2D eigenvalue weighted by atomic mass is 9.58. The highest BCUT2D eigenvalue weighted by Crippen LogP contribution is 2.60. The molecule has 4 saturated heterocycles. The van der Waals surface area contributed by atoms with Gasteiger partial charge < -0.3 is 14.2 Å². The van der Waals surface area contributed by atoms with E-state index in [1.165, 1.54) is 6.42 Å². The SMILES string of the molecule is CC1CCC2[C@@H](C)C(Oc3cccc4ccccc34)OC3OC4(C)CCC1[C@]32OO4. The van der Waals surface area contributed by atoms with Crippen molar-refractivity contribution in [3.63, 3.8) is 0 Å².